The Kier molecular flexibility index (Phi) is 5.76. The Morgan fingerprint density at radius 1 is 0.696 bits per heavy atom. The number of rotatable bonds is 3. The van der Waals surface area contributed by atoms with Crippen LogP contribution in [0.5, 0.6) is 0 Å². The summed E-state index contributed by atoms with van der Waals surface area (Å²) in [6.45, 7) is 0. The number of hydrogen-bond donors (Lipinski definition) is 0. The van der Waals surface area contributed by atoms with Gasteiger partial charge in [-0.05, 0) is 81.9 Å². The van der Waals surface area contributed by atoms with E-state index in [1.165, 1.54) is 48.7 Å². The molecule has 0 saturated heterocycles. The third-order valence-corrected chi connectivity index (χ3v) is 11.2. The van der Waals surface area contributed by atoms with Gasteiger partial charge in [0.1, 0.15) is 5.65 Å². The third-order valence-electron chi connectivity index (χ3n) is 9.91. The summed E-state index contributed by atoms with van der Waals surface area (Å²) in [7, 11) is 0. The summed E-state index contributed by atoms with van der Waals surface area (Å²) in [5.41, 5.74) is 10.5. The molecular weight excluding hydrogens is 579 g/mol. The molecule has 0 radical (unpaired) electrons. The fourth-order valence-corrected chi connectivity index (χ4v) is 8.99. The second-order valence-corrected chi connectivity index (χ2v) is 13.7. The lowest BCUT2D eigenvalue weighted by Gasteiger charge is -2.16. The monoisotopic (exact) mass is 607 g/mol. The molecule has 0 bridgehead atoms. The number of fused-ring (bicyclic) bond motifs is 11. The number of aromatic nitrogens is 3. The summed E-state index contributed by atoms with van der Waals surface area (Å²) in [4.78, 5) is 11.4. The Hall–Kier alpha value is -5.19. The van der Waals surface area contributed by atoms with E-state index in [1.807, 2.05) is 18.0 Å². The van der Waals surface area contributed by atoms with Gasteiger partial charge in [-0.2, -0.15) is 0 Å². The predicted molar refractivity (Wildman–Crippen MR) is 193 cm³/mol. The van der Waals surface area contributed by atoms with Crippen LogP contribution in [0.3, 0.4) is 0 Å². The molecule has 4 heteroatoms. The van der Waals surface area contributed by atoms with Crippen molar-refractivity contribution in [3.8, 4) is 22.4 Å². The Bertz CT molecular complexity index is 2510. The van der Waals surface area contributed by atoms with E-state index in [2.05, 4.69) is 144 Å². The Balaban J connectivity index is 1.14. The van der Waals surface area contributed by atoms with Crippen LogP contribution in [0, 0.1) is 0 Å². The summed E-state index contributed by atoms with van der Waals surface area (Å²) in [5, 5.41) is 5.36. The van der Waals surface area contributed by atoms with Gasteiger partial charge in [0.05, 0.1) is 16.7 Å². The van der Waals surface area contributed by atoms with Gasteiger partial charge in [0.25, 0.3) is 0 Å². The van der Waals surface area contributed by atoms with Gasteiger partial charge in [0.15, 0.2) is 0 Å². The van der Waals surface area contributed by atoms with Crippen molar-refractivity contribution in [1.82, 2.24) is 14.4 Å². The SMILES string of the molecule is C1=CCC(c2ccc3c(c2)c2cc(-c4cc(-c5ccc6c(c5)SC5C=CC=CC65)ccn4)ccc2c2c3nc3ccccn32)C=C1. The first kappa shape index (κ1) is 26.1. The number of hydrogen-bond acceptors (Lipinski definition) is 3. The molecule has 3 unspecified atom stereocenters. The minimum atomic E-state index is 0.379. The van der Waals surface area contributed by atoms with Gasteiger partial charge >= 0.3 is 0 Å². The van der Waals surface area contributed by atoms with Crippen LogP contribution in [-0.2, 0) is 0 Å². The zero-order chi connectivity index (χ0) is 30.2. The number of allylic oxidation sites excluding steroid dienone is 7. The normalized spacial score (nSPS) is 19.9. The van der Waals surface area contributed by atoms with Gasteiger partial charge in [0, 0.05) is 50.7 Å². The van der Waals surface area contributed by atoms with Gasteiger partial charge in [-0.25, -0.2) is 4.98 Å². The third kappa shape index (κ3) is 4.00. The molecule has 0 spiro atoms. The maximum atomic E-state index is 5.13. The van der Waals surface area contributed by atoms with Crippen molar-refractivity contribution in [2.75, 3.05) is 0 Å². The molecule has 10 rings (SSSR count). The lowest BCUT2D eigenvalue weighted by Crippen LogP contribution is -2.06. The van der Waals surface area contributed by atoms with Crippen molar-refractivity contribution < 1.29 is 0 Å². The van der Waals surface area contributed by atoms with Crippen molar-refractivity contribution >= 4 is 50.0 Å². The second-order valence-electron chi connectivity index (χ2n) is 12.5. The van der Waals surface area contributed by atoms with E-state index in [1.54, 1.807) is 0 Å². The molecule has 7 aromatic rings. The molecule has 4 aromatic carbocycles. The first-order chi connectivity index (χ1) is 22.8. The standard InChI is InChI=1S/C42H29N3S/c1-2-8-26(9-3-1)27-14-17-33-35(22-27)36-23-30(15-18-34(36)42-41(33)44-40-12-6-7-21-45(40)42)37-24-29(19-20-43-37)28-13-16-32-31-10-4-5-11-38(31)46-39(32)25-28/h1-8,10-26,31,38H,9H2. The zero-order valence-electron chi connectivity index (χ0n) is 25.0. The average molecular weight is 608 g/mol. The Morgan fingerprint density at radius 3 is 2.52 bits per heavy atom. The molecule has 3 atom stereocenters. The highest BCUT2D eigenvalue weighted by atomic mass is 32.2. The highest BCUT2D eigenvalue weighted by Gasteiger charge is 2.31. The van der Waals surface area contributed by atoms with Gasteiger partial charge in [-0.1, -0.05) is 91.1 Å². The first-order valence-electron chi connectivity index (χ1n) is 16.0. The molecule has 2 aliphatic carbocycles. The number of nitrogens with zero attached hydrogens (tertiary/aromatic N) is 3. The van der Waals surface area contributed by atoms with Crippen LogP contribution in [0.15, 0.2) is 151 Å². The van der Waals surface area contributed by atoms with Crippen molar-refractivity contribution in [1.29, 1.82) is 0 Å². The van der Waals surface area contributed by atoms with Crippen molar-refractivity contribution in [2.45, 2.75) is 28.4 Å². The fraction of sp³-hybridized carbons (Fsp3) is 0.0952. The van der Waals surface area contributed by atoms with Crippen LogP contribution in [0.25, 0.3) is 60.6 Å². The number of benzene rings is 4. The van der Waals surface area contributed by atoms with Crippen molar-refractivity contribution in [3.05, 3.63) is 157 Å². The van der Waals surface area contributed by atoms with Crippen LogP contribution >= 0.6 is 11.8 Å². The molecule has 3 aliphatic rings. The van der Waals surface area contributed by atoms with Gasteiger partial charge in [-0.3, -0.25) is 9.38 Å². The summed E-state index contributed by atoms with van der Waals surface area (Å²) >= 11 is 1.98. The van der Waals surface area contributed by atoms with E-state index >= 15 is 0 Å². The van der Waals surface area contributed by atoms with Crippen LogP contribution in [0.1, 0.15) is 29.4 Å². The molecule has 0 fully saturated rings. The number of thioether (sulfide) groups is 1. The van der Waals surface area contributed by atoms with Gasteiger partial charge < -0.3 is 0 Å². The molecule has 1 aliphatic heterocycles. The predicted octanol–water partition coefficient (Wildman–Crippen LogP) is 10.8. The molecule has 46 heavy (non-hydrogen) atoms. The van der Waals surface area contributed by atoms with Crippen LogP contribution in [0.4, 0.5) is 0 Å². The maximum Gasteiger partial charge on any atom is 0.137 e. The summed E-state index contributed by atoms with van der Waals surface area (Å²) in [6.07, 6.45) is 23.0. The zero-order valence-corrected chi connectivity index (χ0v) is 25.9. The minimum Gasteiger partial charge on any atom is -0.299 e. The van der Waals surface area contributed by atoms with Gasteiger partial charge in [0.2, 0.25) is 0 Å². The lowest BCUT2D eigenvalue weighted by atomic mass is 9.89. The molecule has 218 valence electrons. The first-order valence-corrected chi connectivity index (χ1v) is 16.9. The van der Waals surface area contributed by atoms with E-state index in [4.69, 9.17) is 9.97 Å². The molecule has 0 N–H and O–H groups in total. The molecule has 3 nitrogen and oxygen atoms in total. The Labute approximate surface area is 271 Å². The summed E-state index contributed by atoms with van der Waals surface area (Å²) in [5.74, 6) is 0.856. The maximum absolute atomic E-state index is 5.13. The molecular formula is C42H29N3S. The number of pyridine rings is 2. The van der Waals surface area contributed by atoms with Crippen molar-refractivity contribution in [3.63, 3.8) is 0 Å². The molecule has 0 amide bonds. The van der Waals surface area contributed by atoms with Crippen LogP contribution in [-0.4, -0.2) is 19.6 Å². The molecule has 3 aromatic heterocycles. The summed E-state index contributed by atoms with van der Waals surface area (Å²) in [6, 6.07) is 31.4. The van der Waals surface area contributed by atoms with E-state index < -0.39 is 0 Å². The van der Waals surface area contributed by atoms with E-state index in [-0.39, 0.29) is 0 Å². The van der Waals surface area contributed by atoms with E-state index in [0.717, 1.165) is 34.4 Å². The lowest BCUT2D eigenvalue weighted by molar-refractivity contribution is 0.855. The number of imidazole rings is 1. The van der Waals surface area contributed by atoms with Gasteiger partial charge in [-0.15, -0.1) is 11.8 Å². The van der Waals surface area contributed by atoms with E-state index in [0.29, 0.717) is 17.1 Å². The quantitative estimate of drug-likeness (QED) is 0.187. The second kappa shape index (κ2) is 10.2. The molecule has 0 saturated carbocycles. The highest BCUT2D eigenvalue weighted by Crippen LogP contribution is 2.49. The average Bonchev–Trinajstić information content (AvgIpc) is 3.70. The van der Waals surface area contributed by atoms with Crippen molar-refractivity contribution in [2.24, 2.45) is 0 Å². The molecule has 4 heterocycles. The van der Waals surface area contributed by atoms with Crippen LogP contribution < -0.4 is 0 Å². The minimum absolute atomic E-state index is 0.379. The Morgan fingerprint density at radius 2 is 1.57 bits per heavy atom. The summed E-state index contributed by atoms with van der Waals surface area (Å²) < 4.78 is 2.23. The fourth-order valence-electron chi connectivity index (χ4n) is 7.61. The topological polar surface area (TPSA) is 30.2 Å². The van der Waals surface area contributed by atoms with Crippen LogP contribution in [0.2, 0.25) is 0 Å². The largest absolute Gasteiger partial charge is 0.299 e. The highest BCUT2D eigenvalue weighted by molar-refractivity contribution is 8.00. The van der Waals surface area contributed by atoms with E-state index in [9.17, 15) is 0 Å². The smallest absolute Gasteiger partial charge is 0.137 e.